The first-order chi connectivity index (χ1) is 8.21. The molecule has 0 unspecified atom stereocenters. The van der Waals surface area contributed by atoms with Crippen LogP contribution in [-0.2, 0) is 4.79 Å². The predicted octanol–water partition coefficient (Wildman–Crippen LogP) is 3.65. The first-order valence-electron chi connectivity index (χ1n) is 6.33. The van der Waals surface area contributed by atoms with Crippen LogP contribution in [0.3, 0.4) is 0 Å². The summed E-state index contributed by atoms with van der Waals surface area (Å²) in [6.07, 6.45) is 1.83. The molecule has 0 atom stereocenters. The van der Waals surface area contributed by atoms with E-state index in [1.807, 2.05) is 27.0 Å². The molecule has 0 aromatic heterocycles. The summed E-state index contributed by atoms with van der Waals surface area (Å²) >= 11 is 0. The van der Waals surface area contributed by atoms with E-state index in [1.165, 1.54) is 16.7 Å². The molecule has 0 heterocycles. The second-order valence-corrected chi connectivity index (χ2v) is 5.96. The van der Waals surface area contributed by atoms with Crippen LogP contribution in [0.1, 0.15) is 43.0 Å². The van der Waals surface area contributed by atoms with E-state index in [4.69, 9.17) is 0 Å². The largest absolute Gasteiger partial charge is 0.297 e. The number of hydrogen-bond acceptors (Lipinski definition) is 2. The topological polar surface area (TPSA) is 29.4 Å². The molecule has 0 N–H and O–H groups in total. The summed E-state index contributed by atoms with van der Waals surface area (Å²) < 4.78 is 0. The summed E-state index contributed by atoms with van der Waals surface area (Å²) in [5, 5.41) is 0. The van der Waals surface area contributed by atoms with E-state index in [9.17, 15) is 4.79 Å². The Kier molecular flexibility index (Phi) is 4.44. The van der Waals surface area contributed by atoms with E-state index in [0.717, 1.165) is 5.56 Å². The van der Waals surface area contributed by atoms with Crippen LogP contribution in [0.2, 0.25) is 0 Å². The third kappa shape index (κ3) is 3.80. The molecule has 98 valence electrons. The number of benzene rings is 1. The second-order valence-electron chi connectivity index (χ2n) is 5.96. The van der Waals surface area contributed by atoms with Crippen LogP contribution in [0.4, 0.5) is 0 Å². The molecular formula is C16H23NO. The van der Waals surface area contributed by atoms with Gasteiger partial charge in [0, 0.05) is 11.6 Å². The fraction of sp³-hybridized carbons (Fsp3) is 0.500. The lowest BCUT2D eigenvalue weighted by atomic mass is 9.91. The van der Waals surface area contributed by atoms with Crippen molar-refractivity contribution in [1.82, 2.24) is 0 Å². The number of carbonyl (C=O) groups excluding carboxylic acids is 1. The number of hydrogen-bond donors (Lipinski definition) is 0. The highest BCUT2D eigenvalue weighted by atomic mass is 16.1. The van der Waals surface area contributed by atoms with Crippen LogP contribution in [0.15, 0.2) is 17.1 Å². The van der Waals surface area contributed by atoms with Crippen molar-refractivity contribution in [2.24, 2.45) is 10.4 Å². The van der Waals surface area contributed by atoms with Crippen molar-refractivity contribution in [2.45, 2.75) is 41.5 Å². The first kappa shape index (κ1) is 14.6. The van der Waals surface area contributed by atoms with Crippen molar-refractivity contribution in [3.05, 3.63) is 34.4 Å². The van der Waals surface area contributed by atoms with Crippen LogP contribution in [0.5, 0.6) is 0 Å². The predicted molar refractivity (Wildman–Crippen MR) is 77.6 cm³/mol. The lowest BCUT2D eigenvalue weighted by Gasteiger charge is -2.14. The molecule has 0 aliphatic carbocycles. The highest BCUT2D eigenvalue weighted by Crippen LogP contribution is 2.16. The molecule has 0 fully saturated rings. The summed E-state index contributed by atoms with van der Waals surface area (Å²) in [6.45, 7) is 12.3. The Hall–Kier alpha value is -1.44. The van der Waals surface area contributed by atoms with E-state index in [-0.39, 0.29) is 17.7 Å². The molecule has 2 heteroatoms. The van der Waals surface area contributed by atoms with Gasteiger partial charge < -0.3 is 0 Å². The number of carbonyl (C=O) groups is 1. The SMILES string of the molecule is Cc1cc(C)c(C=NCC(=O)C(C)(C)C)c(C)c1. The summed E-state index contributed by atoms with van der Waals surface area (Å²) in [6, 6.07) is 4.28. The molecule has 0 saturated heterocycles. The summed E-state index contributed by atoms with van der Waals surface area (Å²) in [5.74, 6) is 0.168. The molecule has 0 bridgehead atoms. The lowest BCUT2D eigenvalue weighted by molar-refractivity contribution is -0.124. The number of Topliss-reactive ketones (excluding diaryl/α,β-unsaturated/α-hetero) is 1. The van der Waals surface area contributed by atoms with Gasteiger partial charge in [0.05, 0.1) is 6.54 Å². The van der Waals surface area contributed by atoms with Crippen molar-refractivity contribution < 1.29 is 4.79 Å². The minimum atomic E-state index is -0.311. The summed E-state index contributed by atoms with van der Waals surface area (Å²) in [5.41, 5.74) is 4.49. The summed E-state index contributed by atoms with van der Waals surface area (Å²) in [7, 11) is 0. The second kappa shape index (κ2) is 5.47. The highest BCUT2D eigenvalue weighted by molar-refractivity contribution is 5.89. The van der Waals surface area contributed by atoms with Crippen LogP contribution < -0.4 is 0 Å². The first-order valence-corrected chi connectivity index (χ1v) is 6.33. The van der Waals surface area contributed by atoms with Gasteiger partial charge in [0.2, 0.25) is 0 Å². The van der Waals surface area contributed by atoms with Crippen molar-refractivity contribution in [2.75, 3.05) is 6.54 Å². The maximum atomic E-state index is 11.8. The zero-order valence-corrected chi connectivity index (χ0v) is 12.3. The molecule has 0 aliphatic rings. The van der Waals surface area contributed by atoms with Gasteiger partial charge in [0.1, 0.15) is 0 Å². The molecule has 0 amide bonds. The van der Waals surface area contributed by atoms with Gasteiger partial charge in [-0.25, -0.2) is 0 Å². The average Bonchev–Trinajstić information content (AvgIpc) is 2.19. The van der Waals surface area contributed by atoms with E-state index >= 15 is 0 Å². The Balaban J connectivity index is 2.83. The molecule has 1 aromatic carbocycles. The zero-order valence-electron chi connectivity index (χ0n) is 12.3. The van der Waals surface area contributed by atoms with Gasteiger partial charge in [-0.05, 0) is 37.5 Å². The Morgan fingerprint density at radius 3 is 2.11 bits per heavy atom. The zero-order chi connectivity index (χ0) is 13.9. The van der Waals surface area contributed by atoms with Gasteiger partial charge in [-0.15, -0.1) is 0 Å². The Bertz CT molecular complexity index is 455. The number of rotatable bonds is 3. The fourth-order valence-electron chi connectivity index (χ4n) is 1.85. The fourth-order valence-corrected chi connectivity index (χ4v) is 1.85. The lowest BCUT2D eigenvalue weighted by Crippen LogP contribution is -2.22. The Morgan fingerprint density at radius 1 is 1.17 bits per heavy atom. The maximum absolute atomic E-state index is 11.8. The van der Waals surface area contributed by atoms with Crippen LogP contribution in [0.25, 0.3) is 0 Å². The van der Waals surface area contributed by atoms with E-state index in [2.05, 4.69) is 37.9 Å². The van der Waals surface area contributed by atoms with E-state index in [1.54, 1.807) is 0 Å². The number of ketones is 1. The minimum absolute atomic E-state index is 0.168. The average molecular weight is 245 g/mol. The maximum Gasteiger partial charge on any atom is 0.159 e. The monoisotopic (exact) mass is 245 g/mol. The molecule has 1 aromatic rings. The van der Waals surface area contributed by atoms with E-state index < -0.39 is 0 Å². The van der Waals surface area contributed by atoms with Crippen LogP contribution in [-0.4, -0.2) is 18.5 Å². The standard InChI is InChI=1S/C16H23NO/c1-11-7-12(2)14(13(3)8-11)9-17-10-15(18)16(4,5)6/h7-9H,10H2,1-6H3. The molecule has 0 aliphatic heterocycles. The van der Waals surface area contributed by atoms with Crippen molar-refractivity contribution in [1.29, 1.82) is 0 Å². The van der Waals surface area contributed by atoms with Crippen molar-refractivity contribution in [3.63, 3.8) is 0 Å². The normalized spacial score (nSPS) is 12.1. The van der Waals surface area contributed by atoms with Crippen molar-refractivity contribution >= 4 is 12.0 Å². The van der Waals surface area contributed by atoms with Gasteiger partial charge in [-0.3, -0.25) is 9.79 Å². The minimum Gasteiger partial charge on any atom is -0.297 e. The third-order valence-corrected chi connectivity index (χ3v) is 3.03. The quantitative estimate of drug-likeness (QED) is 0.747. The van der Waals surface area contributed by atoms with Gasteiger partial charge in [-0.1, -0.05) is 38.5 Å². The number of nitrogens with zero attached hydrogens (tertiary/aromatic N) is 1. The van der Waals surface area contributed by atoms with Gasteiger partial charge in [-0.2, -0.15) is 0 Å². The smallest absolute Gasteiger partial charge is 0.159 e. The molecule has 0 radical (unpaired) electrons. The van der Waals surface area contributed by atoms with Gasteiger partial charge in [0.25, 0.3) is 0 Å². The summed E-state index contributed by atoms with van der Waals surface area (Å²) in [4.78, 5) is 16.0. The molecule has 2 nitrogen and oxygen atoms in total. The molecular weight excluding hydrogens is 222 g/mol. The molecule has 0 saturated carbocycles. The number of aliphatic imine (C=N–C) groups is 1. The molecule has 0 spiro atoms. The Labute approximate surface area is 110 Å². The van der Waals surface area contributed by atoms with Crippen molar-refractivity contribution in [3.8, 4) is 0 Å². The van der Waals surface area contributed by atoms with Crippen LogP contribution >= 0.6 is 0 Å². The molecule has 1 rings (SSSR count). The Morgan fingerprint density at radius 2 is 1.67 bits per heavy atom. The number of aryl methyl sites for hydroxylation is 3. The highest BCUT2D eigenvalue weighted by Gasteiger charge is 2.19. The van der Waals surface area contributed by atoms with Gasteiger partial charge in [0.15, 0.2) is 5.78 Å². The van der Waals surface area contributed by atoms with Crippen LogP contribution in [0, 0.1) is 26.2 Å². The third-order valence-electron chi connectivity index (χ3n) is 3.03. The van der Waals surface area contributed by atoms with Gasteiger partial charge >= 0.3 is 0 Å². The van der Waals surface area contributed by atoms with E-state index in [0.29, 0.717) is 0 Å². The molecule has 18 heavy (non-hydrogen) atoms.